The number of amides is 1. The molecule has 116 valence electrons. The van der Waals surface area contributed by atoms with Crippen LogP contribution in [0, 0.1) is 0 Å². The number of hydrogen-bond donors (Lipinski definition) is 3. The van der Waals surface area contributed by atoms with Crippen LogP contribution in [0.2, 0.25) is 0 Å². The van der Waals surface area contributed by atoms with E-state index in [0.29, 0.717) is 25.2 Å². The molecular weight excluding hydrogens is 379 g/mol. The number of carbonyl (C=O) groups excluding carboxylic acids is 1. The smallest absolute Gasteiger partial charge is 0.251 e. The summed E-state index contributed by atoms with van der Waals surface area (Å²) in [6.45, 7) is 7.48. The van der Waals surface area contributed by atoms with Crippen molar-refractivity contribution in [2.75, 3.05) is 20.1 Å². The standard InChI is InChI=1S/C15H22N4O.HI/c1-4-10-18-15(16-3)19-11-12-6-8-13(9-7-12)14(20)17-5-2;/h4,6-9H,1,5,10-11H2,2-3H3,(H,17,20)(H2,16,18,19);1H. The second-order valence-electron chi connectivity index (χ2n) is 4.15. The maximum Gasteiger partial charge on any atom is 0.251 e. The minimum absolute atomic E-state index is 0. The van der Waals surface area contributed by atoms with Gasteiger partial charge in [0.05, 0.1) is 0 Å². The van der Waals surface area contributed by atoms with Crippen LogP contribution in [0.25, 0.3) is 0 Å². The predicted octanol–water partition coefficient (Wildman–Crippen LogP) is 1.91. The third-order valence-electron chi connectivity index (χ3n) is 2.65. The molecule has 0 aliphatic rings. The lowest BCUT2D eigenvalue weighted by Crippen LogP contribution is -2.36. The summed E-state index contributed by atoms with van der Waals surface area (Å²) in [4.78, 5) is 15.7. The van der Waals surface area contributed by atoms with Crippen molar-refractivity contribution < 1.29 is 4.79 Å². The second-order valence-corrected chi connectivity index (χ2v) is 4.15. The number of benzene rings is 1. The molecule has 0 aromatic heterocycles. The van der Waals surface area contributed by atoms with Gasteiger partial charge in [0.1, 0.15) is 0 Å². The van der Waals surface area contributed by atoms with Crippen LogP contribution in [0.1, 0.15) is 22.8 Å². The van der Waals surface area contributed by atoms with Crippen LogP contribution >= 0.6 is 24.0 Å². The van der Waals surface area contributed by atoms with Crippen molar-refractivity contribution in [1.29, 1.82) is 0 Å². The topological polar surface area (TPSA) is 65.5 Å². The van der Waals surface area contributed by atoms with Crippen LogP contribution in [0.5, 0.6) is 0 Å². The predicted molar refractivity (Wildman–Crippen MR) is 98.3 cm³/mol. The highest BCUT2D eigenvalue weighted by Gasteiger charge is 2.03. The Morgan fingerprint density at radius 1 is 1.24 bits per heavy atom. The van der Waals surface area contributed by atoms with Crippen molar-refractivity contribution in [3.63, 3.8) is 0 Å². The first kappa shape index (κ1) is 19.4. The van der Waals surface area contributed by atoms with Gasteiger partial charge in [0, 0.05) is 32.2 Å². The normalized spacial score (nSPS) is 10.3. The first-order chi connectivity index (χ1) is 9.71. The van der Waals surface area contributed by atoms with Gasteiger partial charge in [-0.05, 0) is 24.6 Å². The first-order valence-electron chi connectivity index (χ1n) is 6.63. The lowest BCUT2D eigenvalue weighted by molar-refractivity contribution is 0.0956. The highest BCUT2D eigenvalue weighted by Crippen LogP contribution is 2.04. The van der Waals surface area contributed by atoms with Crippen LogP contribution in [0.3, 0.4) is 0 Å². The van der Waals surface area contributed by atoms with Gasteiger partial charge in [-0.3, -0.25) is 9.79 Å². The third-order valence-corrected chi connectivity index (χ3v) is 2.65. The Kier molecular flexibility index (Phi) is 10.3. The van der Waals surface area contributed by atoms with Crippen LogP contribution in [0.15, 0.2) is 41.9 Å². The molecule has 5 nitrogen and oxygen atoms in total. The highest BCUT2D eigenvalue weighted by molar-refractivity contribution is 14.0. The molecule has 0 atom stereocenters. The van der Waals surface area contributed by atoms with Gasteiger partial charge in [-0.2, -0.15) is 0 Å². The summed E-state index contributed by atoms with van der Waals surface area (Å²) in [7, 11) is 1.72. The van der Waals surface area contributed by atoms with E-state index in [1.165, 1.54) is 0 Å². The Bertz CT molecular complexity index is 471. The van der Waals surface area contributed by atoms with E-state index in [4.69, 9.17) is 0 Å². The Balaban J connectivity index is 0.00000400. The molecule has 0 aliphatic carbocycles. The molecule has 0 saturated carbocycles. The molecule has 0 saturated heterocycles. The summed E-state index contributed by atoms with van der Waals surface area (Å²) in [6.07, 6.45) is 1.77. The molecule has 21 heavy (non-hydrogen) atoms. The van der Waals surface area contributed by atoms with E-state index in [2.05, 4.69) is 27.5 Å². The van der Waals surface area contributed by atoms with E-state index in [1.807, 2.05) is 31.2 Å². The maximum atomic E-state index is 11.6. The quantitative estimate of drug-likeness (QED) is 0.295. The summed E-state index contributed by atoms with van der Waals surface area (Å²) < 4.78 is 0. The third kappa shape index (κ3) is 7.12. The molecule has 1 aromatic rings. The van der Waals surface area contributed by atoms with E-state index in [-0.39, 0.29) is 29.9 Å². The number of carbonyl (C=O) groups is 1. The van der Waals surface area contributed by atoms with Gasteiger partial charge >= 0.3 is 0 Å². The fraction of sp³-hybridized carbons (Fsp3) is 0.333. The van der Waals surface area contributed by atoms with Gasteiger partial charge in [-0.25, -0.2) is 0 Å². The zero-order chi connectivity index (χ0) is 14.8. The van der Waals surface area contributed by atoms with Crippen molar-refractivity contribution >= 4 is 35.8 Å². The van der Waals surface area contributed by atoms with Crippen LogP contribution < -0.4 is 16.0 Å². The van der Waals surface area contributed by atoms with Crippen molar-refractivity contribution in [2.45, 2.75) is 13.5 Å². The fourth-order valence-corrected chi connectivity index (χ4v) is 1.61. The van der Waals surface area contributed by atoms with Crippen molar-refractivity contribution in [2.24, 2.45) is 4.99 Å². The number of nitrogens with zero attached hydrogens (tertiary/aromatic N) is 1. The van der Waals surface area contributed by atoms with Gasteiger partial charge in [-0.1, -0.05) is 18.2 Å². The zero-order valence-corrected chi connectivity index (χ0v) is 14.8. The van der Waals surface area contributed by atoms with E-state index in [9.17, 15) is 4.79 Å². The summed E-state index contributed by atoms with van der Waals surface area (Å²) in [6, 6.07) is 7.50. The van der Waals surface area contributed by atoms with E-state index in [1.54, 1.807) is 13.1 Å². The van der Waals surface area contributed by atoms with E-state index in [0.717, 1.165) is 11.5 Å². The van der Waals surface area contributed by atoms with Crippen molar-refractivity contribution in [3.05, 3.63) is 48.0 Å². The Morgan fingerprint density at radius 3 is 2.43 bits per heavy atom. The molecule has 0 unspecified atom stereocenters. The van der Waals surface area contributed by atoms with Gasteiger partial charge < -0.3 is 16.0 Å². The number of aliphatic imine (C=N–C) groups is 1. The molecule has 3 N–H and O–H groups in total. The molecule has 0 radical (unpaired) electrons. The summed E-state index contributed by atoms with van der Waals surface area (Å²) >= 11 is 0. The molecule has 0 aliphatic heterocycles. The Hall–Kier alpha value is -1.57. The number of nitrogens with one attached hydrogen (secondary N) is 3. The fourth-order valence-electron chi connectivity index (χ4n) is 1.61. The average Bonchev–Trinajstić information content (AvgIpc) is 2.48. The SMILES string of the molecule is C=CCNC(=NC)NCc1ccc(C(=O)NCC)cc1.I. The van der Waals surface area contributed by atoms with Gasteiger partial charge in [0.15, 0.2) is 5.96 Å². The monoisotopic (exact) mass is 402 g/mol. The van der Waals surface area contributed by atoms with E-state index < -0.39 is 0 Å². The highest BCUT2D eigenvalue weighted by atomic mass is 127. The van der Waals surface area contributed by atoms with Gasteiger partial charge in [-0.15, -0.1) is 30.6 Å². The molecule has 0 heterocycles. The second kappa shape index (κ2) is 11.1. The molecule has 1 rings (SSSR count). The lowest BCUT2D eigenvalue weighted by Gasteiger charge is -2.10. The van der Waals surface area contributed by atoms with Crippen LogP contribution in [0.4, 0.5) is 0 Å². The van der Waals surface area contributed by atoms with Crippen molar-refractivity contribution in [3.8, 4) is 0 Å². The number of rotatable bonds is 6. The largest absolute Gasteiger partial charge is 0.353 e. The molecule has 1 amide bonds. The lowest BCUT2D eigenvalue weighted by atomic mass is 10.1. The van der Waals surface area contributed by atoms with Gasteiger partial charge in [0.2, 0.25) is 0 Å². The summed E-state index contributed by atoms with van der Waals surface area (Å²) in [5.74, 6) is 0.674. The molecular formula is C15H23IN4O. The minimum atomic E-state index is -0.0459. The summed E-state index contributed by atoms with van der Waals surface area (Å²) in [5, 5.41) is 9.05. The van der Waals surface area contributed by atoms with Crippen molar-refractivity contribution in [1.82, 2.24) is 16.0 Å². The van der Waals surface area contributed by atoms with Crippen LogP contribution in [-0.4, -0.2) is 32.0 Å². The summed E-state index contributed by atoms with van der Waals surface area (Å²) in [5.41, 5.74) is 1.75. The Labute approximate surface area is 143 Å². The first-order valence-corrected chi connectivity index (χ1v) is 6.63. The van der Waals surface area contributed by atoms with Crippen LogP contribution in [-0.2, 0) is 6.54 Å². The Morgan fingerprint density at radius 2 is 1.90 bits per heavy atom. The molecule has 0 bridgehead atoms. The van der Waals surface area contributed by atoms with Gasteiger partial charge in [0.25, 0.3) is 5.91 Å². The molecule has 0 fully saturated rings. The number of halogens is 1. The molecule has 6 heteroatoms. The number of hydrogen-bond acceptors (Lipinski definition) is 2. The molecule has 1 aromatic carbocycles. The number of guanidine groups is 1. The van der Waals surface area contributed by atoms with E-state index >= 15 is 0 Å². The molecule has 0 spiro atoms. The minimum Gasteiger partial charge on any atom is -0.353 e. The zero-order valence-electron chi connectivity index (χ0n) is 12.5. The maximum absolute atomic E-state index is 11.6. The average molecular weight is 402 g/mol.